The van der Waals surface area contributed by atoms with E-state index >= 15 is 0 Å². The monoisotopic (exact) mass is 243 g/mol. The number of nitrogens with one attached hydrogen (secondary N) is 1. The molecule has 0 spiro atoms. The van der Waals surface area contributed by atoms with Crippen molar-refractivity contribution in [2.75, 3.05) is 5.32 Å². The molecule has 1 aliphatic rings. The summed E-state index contributed by atoms with van der Waals surface area (Å²) in [6, 6.07) is 0.480. The lowest BCUT2D eigenvalue weighted by molar-refractivity contribution is -0.114. The van der Waals surface area contributed by atoms with Gasteiger partial charge in [0, 0.05) is 6.92 Å². The van der Waals surface area contributed by atoms with Gasteiger partial charge in [-0.05, 0) is 28.8 Å². The first-order chi connectivity index (χ1) is 6.18. The molecular formula is C8H10BrN3O. The molecule has 0 unspecified atom stereocenters. The Morgan fingerprint density at radius 2 is 2.46 bits per heavy atom. The summed E-state index contributed by atoms with van der Waals surface area (Å²) in [5.74, 6) is 0.707. The molecule has 2 rings (SSSR count). The fourth-order valence-corrected chi connectivity index (χ4v) is 1.59. The highest BCUT2D eigenvalue weighted by Crippen LogP contribution is 2.38. The molecule has 1 aliphatic carbocycles. The van der Waals surface area contributed by atoms with E-state index in [4.69, 9.17) is 0 Å². The Balaban J connectivity index is 2.28. The first kappa shape index (κ1) is 8.74. The molecule has 13 heavy (non-hydrogen) atoms. The minimum atomic E-state index is -0.0666. The Hall–Kier alpha value is -0.840. The summed E-state index contributed by atoms with van der Waals surface area (Å²) in [5, 5.41) is 6.94. The number of anilines is 1. The van der Waals surface area contributed by atoms with Crippen LogP contribution < -0.4 is 5.32 Å². The average Bonchev–Trinajstić information content (AvgIpc) is 2.81. The van der Waals surface area contributed by atoms with Gasteiger partial charge in [-0.1, -0.05) is 0 Å². The van der Waals surface area contributed by atoms with E-state index in [1.165, 1.54) is 6.92 Å². The molecule has 1 aromatic heterocycles. The minimum absolute atomic E-state index is 0.0666. The quantitative estimate of drug-likeness (QED) is 0.864. The normalized spacial score (nSPS) is 15.8. The van der Waals surface area contributed by atoms with Crippen LogP contribution in [-0.4, -0.2) is 15.7 Å². The van der Waals surface area contributed by atoms with Crippen molar-refractivity contribution in [1.82, 2.24) is 9.78 Å². The Kier molecular flexibility index (Phi) is 2.11. The van der Waals surface area contributed by atoms with Crippen LogP contribution in [0.1, 0.15) is 25.8 Å². The van der Waals surface area contributed by atoms with Gasteiger partial charge < -0.3 is 5.32 Å². The summed E-state index contributed by atoms with van der Waals surface area (Å²) in [4.78, 5) is 10.9. The van der Waals surface area contributed by atoms with Crippen molar-refractivity contribution >= 4 is 27.7 Å². The molecule has 0 radical (unpaired) electrons. The van der Waals surface area contributed by atoms with Crippen LogP contribution in [0.2, 0.25) is 0 Å². The van der Waals surface area contributed by atoms with Crippen molar-refractivity contribution in [3.8, 4) is 0 Å². The third-order valence-corrected chi connectivity index (χ3v) is 2.52. The molecule has 1 aromatic rings. The Labute approximate surface area is 84.4 Å². The van der Waals surface area contributed by atoms with Gasteiger partial charge in [0.05, 0.1) is 16.7 Å². The predicted octanol–water partition coefficient (Wildman–Crippen LogP) is 1.94. The van der Waals surface area contributed by atoms with E-state index in [1.54, 1.807) is 6.20 Å². The standard InChI is InChI=1S/C8H10BrN3O/c1-5(13)11-8-7(9)4-10-12(8)6-2-3-6/h4,6H,2-3H2,1H3,(H,11,13). The van der Waals surface area contributed by atoms with E-state index in [0.717, 1.165) is 23.1 Å². The number of aromatic nitrogens is 2. The van der Waals surface area contributed by atoms with E-state index in [0.29, 0.717) is 6.04 Å². The Morgan fingerprint density at radius 3 is 3.00 bits per heavy atom. The zero-order valence-electron chi connectivity index (χ0n) is 7.25. The number of hydrogen-bond donors (Lipinski definition) is 1. The van der Waals surface area contributed by atoms with Gasteiger partial charge in [-0.15, -0.1) is 0 Å². The van der Waals surface area contributed by atoms with Crippen molar-refractivity contribution in [1.29, 1.82) is 0 Å². The second-order valence-corrected chi connectivity index (χ2v) is 4.05. The molecular weight excluding hydrogens is 234 g/mol. The van der Waals surface area contributed by atoms with Crippen LogP contribution in [0.25, 0.3) is 0 Å². The Morgan fingerprint density at radius 1 is 1.77 bits per heavy atom. The zero-order chi connectivity index (χ0) is 9.42. The van der Waals surface area contributed by atoms with Gasteiger partial charge in [-0.3, -0.25) is 4.79 Å². The fraction of sp³-hybridized carbons (Fsp3) is 0.500. The average molecular weight is 244 g/mol. The first-order valence-electron chi connectivity index (χ1n) is 4.19. The smallest absolute Gasteiger partial charge is 0.222 e. The highest BCUT2D eigenvalue weighted by Gasteiger charge is 2.27. The molecule has 1 fully saturated rings. The van der Waals surface area contributed by atoms with Crippen LogP contribution in [0.15, 0.2) is 10.7 Å². The first-order valence-corrected chi connectivity index (χ1v) is 4.98. The number of nitrogens with zero attached hydrogens (tertiary/aromatic N) is 2. The maximum absolute atomic E-state index is 10.9. The molecule has 0 atom stereocenters. The van der Waals surface area contributed by atoms with Crippen LogP contribution >= 0.6 is 15.9 Å². The molecule has 0 aliphatic heterocycles. The number of hydrogen-bond acceptors (Lipinski definition) is 2. The highest BCUT2D eigenvalue weighted by atomic mass is 79.9. The van der Waals surface area contributed by atoms with Gasteiger partial charge in [0.2, 0.25) is 5.91 Å². The topological polar surface area (TPSA) is 46.9 Å². The van der Waals surface area contributed by atoms with Crippen LogP contribution in [0.3, 0.4) is 0 Å². The van der Waals surface area contributed by atoms with Crippen molar-refractivity contribution in [3.05, 3.63) is 10.7 Å². The number of amides is 1. The number of carbonyl (C=O) groups is 1. The van der Waals surface area contributed by atoms with E-state index < -0.39 is 0 Å². The lowest BCUT2D eigenvalue weighted by atomic mass is 10.5. The predicted molar refractivity (Wildman–Crippen MR) is 52.5 cm³/mol. The lowest BCUT2D eigenvalue weighted by Gasteiger charge is -2.05. The summed E-state index contributed by atoms with van der Waals surface area (Å²) >= 11 is 3.34. The van der Waals surface area contributed by atoms with Crippen LogP contribution in [0, 0.1) is 0 Å². The third kappa shape index (κ3) is 1.75. The number of rotatable bonds is 2. The summed E-state index contributed by atoms with van der Waals surface area (Å²) in [7, 11) is 0. The van der Waals surface area contributed by atoms with Crippen molar-refractivity contribution in [3.63, 3.8) is 0 Å². The fourth-order valence-electron chi connectivity index (χ4n) is 1.22. The van der Waals surface area contributed by atoms with Gasteiger partial charge in [-0.25, -0.2) is 4.68 Å². The second-order valence-electron chi connectivity index (χ2n) is 3.20. The van der Waals surface area contributed by atoms with Gasteiger partial charge >= 0.3 is 0 Å². The van der Waals surface area contributed by atoms with E-state index in [2.05, 4.69) is 26.3 Å². The maximum Gasteiger partial charge on any atom is 0.222 e. The molecule has 1 heterocycles. The molecule has 1 saturated carbocycles. The van der Waals surface area contributed by atoms with Gasteiger partial charge in [0.15, 0.2) is 0 Å². The molecule has 5 heteroatoms. The summed E-state index contributed by atoms with van der Waals surface area (Å²) in [6.45, 7) is 1.50. The molecule has 0 bridgehead atoms. The van der Waals surface area contributed by atoms with E-state index in [1.807, 2.05) is 4.68 Å². The zero-order valence-corrected chi connectivity index (χ0v) is 8.84. The van der Waals surface area contributed by atoms with Gasteiger partial charge in [0.25, 0.3) is 0 Å². The summed E-state index contributed by atoms with van der Waals surface area (Å²) in [5.41, 5.74) is 0. The number of carbonyl (C=O) groups excluding carboxylic acids is 1. The molecule has 4 nitrogen and oxygen atoms in total. The van der Waals surface area contributed by atoms with E-state index in [9.17, 15) is 4.79 Å². The molecule has 0 aromatic carbocycles. The minimum Gasteiger partial charge on any atom is -0.310 e. The maximum atomic E-state index is 10.9. The summed E-state index contributed by atoms with van der Waals surface area (Å²) < 4.78 is 2.71. The van der Waals surface area contributed by atoms with Crippen LogP contribution in [0.5, 0.6) is 0 Å². The van der Waals surface area contributed by atoms with Crippen LogP contribution in [-0.2, 0) is 4.79 Å². The second kappa shape index (κ2) is 3.14. The molecule has 1 N–H and O–H groups in total. The third-order valence-electron chi connectivity index (χ3n) is 1.94. The van der Waals surface area contributed by atoms with Crippen molar-refractivity contribution in [2.45, 2.75) is 25.8 Å². The molecule has 1 amide bonds. The van der Waals surface area contributed by atoms with Crippen molar-refractivity contribution < 1.29 is 4.79 Å². The highest BCUT2D eigenvalue weighted by molar-refractivity contribution is 9.10. The number of halogens is 1. The summed E-state index contributed by atoms with van der Waals surface area (Å²) in [6.07, 6.45) is 4.02. The lowest BCUT2D eigenvalue weighted by Crippen LogP contribution is -2.11. The molecule has 70 valence electrons. The van der Waals surface area contributed by atoms with Crippen molar-refractivity contribution in [2.24, 2.45) is 0 Å². The Bertz CT molecular complexity index is 343. The SMILES string of the molecule is CC(=O)Nc1c(Br)cnn1C1CC1. The van der Waals surface area contributed by atoms with Gasteiger partial charge in [-0.2, -0.15) is 5.10 Å². The molecule has 0 saturated heterocycles. The van der Waals surface area contributed by atoms with Crippen LogP contribution in [0.4, 0.5) is 5.82 Å². The van der Waals surface area contributed by atoms with Gasteiger partial charge in [0.1, 0.15) is 5.82 Å². The van der Waals surface area contributed by atoms with E-state index in [-0.39, 0.29) is 5.91 Å². The largest absolute Gasteiger partial charge is 0.310 e.